The summed E-state index contributed by atoms with van der Waals surface area (Å²) in [5.41, 5.74) is 5.18. The highest BCUT2D eigenvalue weighted by atomic mass is 19.1. The molecule has 0 saturated carbocycles. The summed E-state index contributed by atoms with van der Waals surface area (Å²) in [7, 11) is 0. The molecule has 0 saturated heterocycles. The fraction of sp³-hybridized carbons (Fsp3) is 0.174. The molecule has 0 aliphatic rings. The van der Waals surface area contributed by atoms with Crippen molar-refractivity contribution >= 4 is 11.6 Å². The fourth-order valence-electron chi connectivity index (χ4n) is 2.96. The van der Waals surface area contributed by atoms with Crippen LogP contribution in [0.5, 0.6) is 0 Å². The van der Waals surface area contributed by atoms with Crippen molar-refractivity contribution in [2.45, 2.75) is 26.2 Å². The lowest BCUT2D eigenvalue weighted by Crippen LogP contribution is -2.16. The van der Waals surface area contributed by atoms with E-state index < -0.39 is 0 Å². The number of hydrogen-bond donors (Lipinski definition) is 1. The molecule has 0 aromatic heterocycles. The van der Waals surface area contributed by atoms with Crippen molar-refractivity contribution in [3.63, 3.8) is 0 Å². The minimum absolute atomic E-state index is 0.0309. The zero-order chi connectivity index (χ0) is 18.5. The third kappa shape index (κ3) is 4.57. The second-order valence-corrected chi connectivity index (χ2v) is 6.63. The van der Waals surface area contributed by atoms with Gasteiger partial charge in [0.15, 0.2) is 0 Å². The van der Waals surface area contributed by atoms with E-state index in [4.69, 9.17) is 0 Å². The molecule has 1 N–H and O–H groups in total. The van der Waals surface area contributed by atoms with Gasteiger partial charge in [0.1, 0.15) is 5.82 Å². The Morgan fingerprint density at radius 3 is 1.73 bits per heavy atom. The molecule has 1 amide bonds. The normalized spacial score (nSPS) is 10.8. The number of carbonyl (C=O) groups excluding carboxylic acids is 1. The Labute approximate surface area is 153 Å². The average Bonchev–Trinajstić information content (AvgIpc) is 2.63. The van der Waals surface area contributed by atoms with Crippen LogP contribution >= 0.6 is 0 Å². The molecule has 0 unspecified atom stereocenters. The van der Waals surface area contributed by atoms with Crippen molar-refractivity contribution in [2.24, 2.45) is 0 Å². The standard InChI is InChI=1S/C23H22FNO/c1-16-3-7-18(8-4-16)22(19-9-5-17(2)6-10-19)15-23(26)25-21-13-11-20(24)12-14-21/h3-14,22H,15H2,1-2H3,(H,25,26). The van der Waals surface area contributed by atoms with Crippen LogP contribution in [0.4, 0.5) is 10.1 Å². The zero-order valence-corrected chi connectivity index (χ0v) is 15.0. The third-order valence-electron chi connectivity index (χ3n) is 4.48. The highest BCUT2D eigenvalue weighted by molar-refractivity contribution is 5.91. The van der Waals surface area contributed by atoms with Gasteiger partial charge in [-0.25, -0.2) is 4.39 Å². The van der Waals surface area contributed by atoms with Gasteiger partial charge in [-0.2, -0.15) is 0 Å². The Morgan fingerprint density at radius 1 is 0.808 bits per heavy atom. The van der Waals surface area contributed by atoms with Crippen LogP contribution in [0.15, 0.2) is 72.8 Å². The maximum Gasteiger partial charge on any atom is 0.225 e. The molecule has 0 radical (unpaired) electrons. The van der Waals surface area contributed by atoms with Gasteiger partial charge in [0, 0.05) is 18.0 Å². The van der Waals surface area contributed by atoms with Crippen LogP contribution in [-0.2, 0) is 4.79 Å². The molecular weight excluding hydrogens is 325 g/mol. The number of amides is 1. The van der Waals surface area contributed by atoms with Crippen LogP contribution in [0.1, 0.15) is 34.6 Å². The fourth-order valence-corrected chi connectivity index (χ4v) is 2.96. The van der Waals surface area contributed by atoms with E-state index in [9.17, 15) is 9.18 Å². The van der Waals surface area contributed by atoms with Gasteiger partial charge in [-0.3, -0.25) is 4.79 Å². The van der Waals surface area contributed by atoms with Crippen LogP contribution in [0, 0.1) is 19.7 Å². The Balaban J connectivity index is 1.83. The van der Waals surface area contributed by atoms with Gasteiger partial charge in [-0.15, -0.1) is 0 Å². The molecule has 3 rings (SSSR count). The predicted octanol–water partition coefficient (Wildman–Crippen LogP) is 5.60. The predicted molar refractivity (Wildman–Crippen MR) is 104 cm³/mol. The summed E-state index contributed by atoms with van der Waals surface area (Å²) in [6, 6.07) is 22.4. The van der Waals surface area contributed by atoms with Crippen molar-refractivity contribution in [1.29, 1.82) is 0 Å². The Bertz CT molecular complexity index is 822. The molecule has 0 bridgehead atoms. The van der Waals surface area contributed by atoms with Gasteiger partial charge in [0.25, 0.3) is 0 Å². The highest BCUT2D eigenvalue weighted by Gasteiger charge is 2.18. The summed E-state index contributed by atoms with van der Waals surface area (Å²) in [4.78, 5) is 12.6. The molecule has 0 aliphatic carbocycles. The summed E-state index contributed by atoms with van der Waals surface area (Å²) in [6.45, 7) is 4.10. The Hall–Kier alpha value is -2.94. The quantitative estimate of drug-likeness (QED) is 0.639. The van der Waals surface area contributed by atoms with Crippen LogP contribution < -0.4 is 5.32 Å². The summed E-state index contributed by atoms with van der Waals surface area (Å²) in [5, 5.41) is 2.86. The van der Waals surface area contributed by atoms with E-state index in [0.29, 0.717) is 12.1 Å². The number of hydrogen-bond acceptors (Lipinski definition) is 1. The molecule has 0 spiro atoms. The average molecular weight is 347 g/mol. The number of aryl methyl sites for hydroxylation is 2. The number of rotatable bonds is 5. The smallest absolute Gasteiger partial charge is 0.225 e. The van der Waals surface area contributed by atoms with Crippen molar-refractivity contribution < 1.29 is 9.18 Å². The Kier molecular flexibility index (Phi) is 5.47. The van der Waals surface area contributed by atoms with Crippen molar-refractivity contribution in [2.75, 3.05) is 5.32 Å². The van der Waals surface area contributed by atoms with E-state index in [-0.39, 0.29) is 17.6 Å². The maximum absolute atomic E-state index is 13.0. The van der Waals surface area contributed by atoms with Crippen molar-refractivity contribution in [3.8, 4) is 0 Å². The topological polar surface area (TPSA) is 29.1 Å². The van der Waals surface area contributed by atoms with Crippen LogP contribution in [-0.4, -0.2) is 5.91 Å². The second kappa shape index (κ2) is 7.96. The summed E-state index contributed by atoms with van der Waals surface area (Å²) >= 11 is 0. The highest BCUT2D eigenvalue weighted by Crippen LogP contribution is 2.29. The molecule has 3 heteroatoms. The zero-order valence-electron chi connectivity index (χ0n) is 15.0. The molecule has 2 nitrogen and oxygen atoms in total. The van der Waals surface area contributed by atoms with Gasteiger partial charge < -0.3 is 5.32 Å². The van der Waals surface area contributed by atoms with Crippen molar-refractivity contribution in [3.05, 3.63) is 101 Å². The molecule has 0 heterocycles. The minimum Gasteiger partial charge on any atom is -0.326 e. The van der Waals surface area contributed by atoms with E-state index in [0.717, 1.165) is 11.1 Å². The van der Waals surface area contributed by atoms with Gasteiger partial charge >= 0.3 is 0 Å². The lowest BCUT2D eigenvalue weighted by Gasteiger charge is -2.18. The first-order chi connectivity index (χ1) is 12.5. The number of benzene rings is 3. The van der Waals surface area contributed by atoms with Gasteiger partial charge in [0.05, 0.1) is 0 Å². The number of nitrogens with one attached hydrogen (secondary N) is 1. The lowest BCUT2D eigenvalue weighted by atomic mass is 9.87. The molecule has 26 heavy (non-hydrogen) atoms. The Morgan fingerprint density at radius 2 is 1.27 bits per heavy atom. The second-order valence-electron chi connectivity index (χ2n) is 6.63. The van der Waals surface area contributed by atoms with Crippen LogP contribution in [0.3, 0.4) is 0 Å². The first-order valence-corrected chi connectivity index (χ1v) is 8.70. The molecule has 3 aromatic carbocycles. The van der Waals surface area contributed by atoms with E-state index in [1.165, 1.54) is 23.3 Å². The van der Waals surface area contributed by atoms with E-state index in [1.54, 1.807) is 12.1 Å². The van der Waals surface area contributed by atoms with Gasteiger partial charge in [0.2, 0.25) is 5.91 Å². The van der Waals surface area contributed by atoms with Gasteiger partial charge in [-0.1, -0.05) is 59.7 Å². The summed E-state index contributed by atoms with van der Waals surface area (Å²) in [5.74, 6) is -0.445. The monoisotopic (exact) mass is 347 g/mol. The summed E-state index contributed by atoms with van der Waals surface area (Å²) in [6.07, 6.45) is 0.323. The first kappa shape index (κ1) is 17.9. The molecule has 0 fully saturated rings. The SMILES string of the molecule is Cc1ccc(C(CC(=O)Nc2ccc(F)cc2)c2ccc(C)cc2)cc1. The van der Waals surface area contributed by atoms with E-state index in [2.05, 4.69) is 53.8 Å². The molecule has 0 aliphatic heterocycles. The largest absolute Gasteiger partial charge is 0.326 e. The summed E-state index contributed by atoms with van der Waals surface area (Å²) < 4.78 is 13.0. The number of halogens is 1. The minimum atomic E-state index is -0.319. The van der Waals surface area contributed by atoms with Crippen molar-refractivity contribution in [1.82, 2.24) is 0 Å². The van der Waals surface area contributed by atoms with Crippen LogP contribution in [0.2, 0.25) is 0 Å². The van der Waals surface area contributed by atoms with Crippen LogP contribution in [0.25, 0.3) is 0 Å². The molecule has 132 valence electrons. The molecule has 0 atom stereocenters. The molecule has 3 aromatic rings. The van der Waals surface area contributed by atoms with E-state index in [1.807, 2.05) is 13.8 Å². The van der Waals surface area contributed by atoms with Gasteiger partial charge in [-0.05, 0) is 49.2 Å². The number of anilines is 1. The third-order valence-corrected chi connectivity index (χ3v) is 4.48. The first-order valence-electron chi connectivity index (χ1n) is 8.70. The maximum atomic E-state index is 13.0. The number of carbonyl (C=O) groups is 1. The molecular formula is C23H22FNO. The lowest BCUT2D eigenvalue weighted by molar-refractivity contribution is -0.116. The van der Waals surface area contributed by atoms with E-state index >= 15 is 0 Å².